The molecule has 2 unspecified atom stereocenters. The maximum Gasteiger partial charge on any atom is 0.412 e. The Morgan fingerprint density at radius 1 is 1.00 bits per heavy atom. The van der Waals surface area contributed by atoms with E-state index in [1.54, 1.807) is 55.1 Å². The van der Waals surface area contributed by atoms with Gasteiger partial charge in [0.1, 0.15) is 17.8 Å². The van der Waals surface area contributed by atoms with E-state index >= 15 is 0 Å². The molecule has 0 aliphatic carbocycles. The van der Waals surface area contributed by atoms with Crippen LogP contribution in [0.1, 0.15) is 40.2 Å². The summed E-state index contributed by atoms with van der Waals surface area (Å²) >= 11 is 3.35. The van der Waals surface area contributed by atoms with Gasteiger partial charge in [0.05, 0.1) is 11.4 Å². The van der Waals surface area contributed by atoms with Gasteiger partial charge in [0.2, 0.25) is 0 Å². The van der Waals surface area contributed by atoms with Crippen LogP contribution >= 0.6 is 15.9 Å². The van der Waals surface area contributed by atoms with Crippen molar-refractivity contribution in [3.8, 4) is 11.3 Å². The van der Waals surface area contributed by atoms with Gasteiger partial charge >= 0.3 is 12.1 Å². The minimum atomic E-state index is -1.12. The lowest BCUT2D eigenvalue weighted by Gasteiger charge is -2.15. The molecule has 0 saturated heterocycles. The molecule has 2 atom stereocenters. The number of rotatable bonds is 9. The Balaban J connectivity index is 1.46. The number of amides is 2. The lowest BCUT2D eigenvalue weighted by atomic mass is 10.0. The summed E-state index contributed by atoms with van der Waals surface area (Å²) < 4.78 is 8.09. The van der Waals surface area contributed by atoms with E-state index in [1.807, 2.05) is 49.4 Å². The van der Waals surface area contributed by atoms with Crippen molar-refractivity contribution < 1.29 is 24.2 Å². The van der Waals surface area contributed by atoms with E-state index in [9.17, 15) is 19.5 Å². The zero-order chi connectivity index (χ0) is 28.8. The molecule has 206 valence electrons. The average Bonchev–Trinajstić information content (AvgIpc) is 3.22. The SMILES string of the molecule is Cc1c(NC(=O)OC(C)c2ccccc2)c(-c2ccc(C(=O)NC(Cc3ccc(Br)cc3)C(=O)O)cc2)nn1C. The second kappa shape index (κ2) is 12.6. The lowest BCUT2D eigenvalue weighted by Crippen LogP contribution is -2.42. The van der Waals surface area contributed by atoms with Crippen LogP contribution < -0.4 is 10.6 Å². The molecule has 0 saturated carbocycles. The second-order valence-electron chi connectivity index (χ2n) is 9.29. The van der Waals surface area contributed by atoms with E-state index in [0.717, 1.165) is 21.3 Å². The van der Waals surface area contributed by atoms with Crippen LogP contribution in [0.15, 0.2) is 83.3 Å². The highest BCUT2D eigenvalue weighted by Gasteiger charge is 2.23. The van der Waals surface area contributed by atoms with Crippen LogP contribution in [0.3, 0.4) is 0 Å². The van der Waals surface area contributed by atoms with Crippen LogP contribution in [0.25, 0.3) is 11.3 Å². The number of hydrogen-bond donors (Lipinski definition) is 3. The number of nitrogens with zero attached hydrogens (tertiary/aromatic N) is 2. The topological polar surface area (TPSA) is 123 Å². The molecule has 0 spiro atoms. The van der Waals surface area contributed by atoms with Crippen molar-refractivity contribution in [3.63, 3.8) is 0 Å². The second-order valence-corrected chi connectivity index (χ2v) is 10.2. The quantitative estimate of drug-likeness (QED) is 0.219. The van der Waals surface area contributed by atoms with E-state index in [1.165, 1.54) is 0 Å². The van der Waals surface area contributed by atoms with Gasteiger partial charge in [-0.1, -0.05) is 70.5 Å². The number of hydrogen-bond acceptors (Lipinski definition) is 5. The van der Waals surface area contributed by atoms with Gasteiger partial charge in [-0.15, -0.1) is 0 Å². The molecule has 3 aromatic carbocycles. The predicted octanol–water partition coefficient (Wildman–Crippen LogP) is 5.89. The fourth-order valence-electron chi connectivity index (χ4n) is 4.12. The molecular formula is C30H29BrN4O5. The highest BCUT2D eigenvalue weighted by Crippen LogP contribution is 2.30. The number of halogens is 1. The number of ether oxygens (including phenoxy) is 1. The molecule has 4 rings (SSSR count). The fourth-order valence-corrected chi connectivity index (χ4v) is 4.39. The normalized spacial score (nSPS) is 12.3. The number of carboxylic acids is 1. The first-order valence-electron chi connectivity index (χ1n) is 12.6. The van der Waals surface area contributed by atoms with E-state index in [-0.39, 0.29) is 6.42 Å². The monoisotopic (exact) mass is 604 g/mol. The van der Waals surface area contributed by atoms with Gasteiger partial charge in [-0.3, -0.25) is 14.8 Å². The van der Waals surface area contributed by atoms with Crippen molar-refractivity contribution >= 4 is 39.6 Å². The number of carboxylic acid groups (broad SMARTS) is 1. The first-order chi connectivity index (χ1) is 19.1. The Labute approximate surface area is 240 Å². The fraction of sp³-hybridized carbons (Fsp3) is 0.200. The van der Waals surface area contributed by atoms with Crippen LogP contribution in [0.4, 0.5) is 10.5 Å². The van der Waals surface area contributed by atoms with Gasteiger partial charge in [-0.25, -0.2) is 9.59 Å². The summed E-state index contributed by atoms with van der Waals surface area (Å²) in [5.41, 5.74) is 4.34. The highest BCUT2D eigenvalue weighted by atomic mass is 79.9. The third kappa shape index (κ3) is 6.95. The maximum absolute atomic E-state index is 12.9. The molecule has 9 nitrogen and oxygen atoms in total. The Hall–Kier alpha value is -4.44. The molecule has 1 aromatic heterocycles. The lowest BCUT2D eigenvalue weighted by molar-refractivity contribution is -0.139. The molecule has 40 heavy (non-hydrogen) atoms. The van der Waals surface area contributed by atoms with Gasteiger partial charge in [0.15, 0.2) is 0 Å². The smallest absolute Gasteiger partial charge is 0.412 e. The summed E-state index contributed by atoms with van der Waals surface area (Å²) in [4.78, 5) is 37.4. The number of nitrogens with one attached hydrogen (secondary N) is 2. The summed E-state index contributed by atoms with van der Waals surface area (Å²) in [6.45, 7) is 3.62. The van der Waals surface area contributed by atoms with Crippen LogP contribution in [0, 0.1) is 6.92 Å². The van der Waals surface area contributed by atoms with Gasteiger partial charge in [-0.2, -0.15) is 5.10 Å². The summed E-state index contributed by atoms with van der Waals surface area (Å²) in [6, 6.07) is 22.2. The largest absolute Gasteiger partial charge is 0.480 e. The van der Waals surface area contributed by atoms with Crippen LogP contribution in [-0.2, 0) is 23.0 Å². The van der Waals surface area contributed by atoms with Crippen LogP contribution in [0.2, 0.25) is 0 Å². The van der Waals surface area contributed by atoms with Gasteiger partial charge in [0.25, 0.3) is 5.91 Å². The van der Waals surface area contributed by atoms with E-state index in [0.29, 0.717) is 22.5 Å². The first kappa shape index (κ1) is 28.6. The molecule has 1 heterocycles. The van der Waals surface area contributed by atoms with Gasteiger partial charge in [0, 0.05) is 29.1 Å². The molecule has 0 aliphatic rings. The molecule has 0 bridgehead atoms. The average molecular weight is 605 g/mol. The standard InChI is InChI=1S/C30H29BrN4O5/c1-18-26(33-30(39)40-19(2)21-7-5-4-6-8-21)27(34-35(18)3)22-11-13-23(14-12-22)28(36)32-25(29(37)38)17-20-9-15-24(31)16-10-20/h4-16,19,25H,17H2,1-3H3,(H,32,36)(H,33,39)(H,37,38). The third-order valence-electron chi connectivity index (χ3n) is 6.49. The van der Waals surface area contributed by atoms with Gasteiger partial charge in [-0.05, 0) is 49.2 Å². The Morgan fingerprint density at radius 3 is 2.27 bits per heavy atom. The van der Waals surface area contributed by atoms with E-state index < -0.39 is 30.1 Å². The molecule has 0 fully saturated rings. The molecule has 10 heteroatoms. The minimum absolute atomic E-state index is 0.146. The maximum atomic E-state index is 12.9. The Kier molecular flexibility index (Phi) is 9.00. The van der Waals surface area contributed by atoms with E-state index in [4.69, 9.17) is 4.74 Å². The van der Waals surface area contributed by atoms with Crippen molar-refractivity contribution in [1.82, 2.24) is 15.1 Å². The number of anilines is 1. The molecule has 2 amide bonds. The number of aryl methyl sites for hydroxylation is 1. The number of aromatic nitrogens is 2. The zero-order valence-electron chi connectivity index (χ0n) is 22.2. The molecule has 4 aromatic rings. The number of carbonyl (C=O) groups excluding carboxylic acids is 2. The van der Waals surface area contributed by atoms with Crippen LogP contribution in [-0.4, -0.2) is 38.9 Å². The zero-order valence-corrected chi connectivity index (χ0v) is 23.8. The van der Waals surface area contributed by atoms with Crippen molar-refractivity contribution in [1.29, 1.82) is 0 Å². The van der Waals surface area contributed by atoms with E-state index in [2.05, 4.69) is 31.7 Å². The van der Waals surface area contributed by atoms with Crippen molar-refractivity contribution in [3.05, 3.63) is 106 Å². The summed E-state index contributed by atoms with van der Waals surface area (Å²) in [7, 11) is 1.77. The Morgan fingerprint density at radius 2 is 1.65 bits per heavy atom. The highest BCUT2D eigenvalue weighted by molar-refractivity contribution is 9.10. The molecule has 0 radical (unpaired) electrons. The van der Waals surface area contributed by atoms with Crippen molar-refractivity contribution in [2.24, 2.45) is 7.05 Å². The number of carbonyl (C=O) groups is 3. The molecule has 3 N–H and O–H groups in total. The minimum Gasteiger partial charge on any atom is -0.480 e. The summed E-state index contributed by atoms with van der Waals surface area (Å²) in [6.07, 6.45) is -0.916. The van der Waals surface area contributed by atoms with Gasteiger partial charge < -0.3 is 15.2 Å². The number of aliphatic carboxylic acids is 1. The van der Waals surface area contributed by atoms with Crippen LogP contribution in [0.5, 0.6) is 0 Å². The third-order valence-corrected chi connectivity index (χ3v) is 7.02. The Bertz CT molecular complexity index is 1500. The molecular weight excluding hydrogens is 576 g/mol. The molecule has 0 aliphatic heterocycles. The summed E-state index contributed by atoms with van der Waals surface area (Å²) in [5, 5.41) is 19.6. The predicted molar refractivity (Wildman–Crippen MR) is 155 cm³/mol. The summed E-state index contributed by atoms with van der Waals surface area (Å²) in [5.74, 6) is -1.63. The number of benzene rings is 3. The van der Waals surface area contributed by atoms with Crippen molar-refractivity contribution in [2.75, 3.05) is 5.32 Å². The van der Waals surface area contributed by atoms with Crippen molar-refractivity contribution in [2.45, 2.75) is 32.4 Å². The first-order valence-corrected chi connectivity index (χ1v) is 13.4.